The van der Waals surface area contributed by atoms with Gasteiger partial charge >= 0.3 is 6.09 Å². The van der Waals surface area contributed by atoms with Gasteiger partial charge in [-0.15, -0.1) is 0 Å². The van der Waals surface area contributed by atoms with Crippen molar-refractivity contribution >= 4 is 17.0 Å². The van der Waals surface area contributed by atoms with Crippen LogP contribution in [0.25, 0.3) is 33.4 Å². The van der Waals surface area contributed by atoms with Crippen molar-refractivity contribution in [1.29, 1.82) is 0 Å². The molecule has 0 saturated heterocycles. The minimum atomic E-state index is -0.475. The summed E-state index contributed by atoms with van der Waals surface area (Å²) in [4.78, 5) is 21.0. The molecule has 7 heteroatoms. The highest BCUT2D eigenvalue weighted by Crippen LogP contribution is 2.40. The monoisotopic (exact) mass is 413 g/mol. The van der Waals surface area contributed by atoms with Gasteiger partial charge in [0.2, 0.25) is 0 Å². The standard InChI is InChI=1S/C24H23N5O2/c1-15(2)27-24(30)31-16-8-9-17-18(10-12-26-20(17)14-16)22-21-7-5-13-29(21)28-23(22)19-6-3-4-11-25-19/h3-4,6,8-12,14-15H,5,7,13H2,1-2H3,(H,27,30). The van der Waals surface area contributed by atoms with E-state index in [2.05, 4.69) is 20.0 Å². The van der Waals surface area contributed by atoms with Crippen LogP contribution in [0.1, 0.15) is 26.0 Å². The fourth-order valence-electron chi connectivity index (χ4n) is 4.08. The Hall–Kier alpha value is -3.74. The zero-order valence-electron chi connectivity index (χ0n) is 17.5. The molecule has 1 aliphatic rings. The highest BCUT2D eigenvalue weighted by molar-refractivity contribution is 5.99. The van der Waals surface area contributed by atoms with Crippen molar-refractivity contribution in [3.8, 4) is 28.3 Å². The molecule has 5 rings (SSSR count). The SMILES string of the molecule is CC(C)NC(=O)Oc1ccc2c(-c3c(-c4ccccn4)nn4c3CCC4)ccnc2c1. The number of fused-ring (bicyclic) bond motifs is 2. The van der Waals surface area contributed by atoms with Gasteiger partial charge in [-0.3, -0.25) is 14.6 Å². The number of hydrogen-bond donors (Lipinski definition) is 1. The van der Waals surface area contributed by atoms with Gasteiger partial charge in [-0.1, -0.05) is 6.07 Å². The van der Waals surface area contributed by atoms with Gasteiger partial charge in [0, 0.05) is 47.7 Å². The molecule has 0 aliphatic carbocycles. The van der Waals surface area contributed by atoms with Gasteiger partial charge in [0.15, 0.2) is 0 Å². The summed E-state index contributed by atoms with van der Waals surface area (Å²) in [6.07, 6.45) is 5.17. The average Bonchev–Trinajstić information content (AvgIpc) is 3.34. The summed E-state index contributed by atoms with van der Waals surface area (Å²) >= 11 is 0. The predicted octanol–water partition coefficient (Wildman–Crippen LogP) is 4.60. The maximum Gasteiger partial charge on any atom is 0.412 e. The minimum absolute atomic E-state index is 0.00661. The molecule has 1 aromatic carbocycles. The normalized spacial score (nSPS) is 12.9. The topological polar surface area (TPSA) is 81.9 Å². The number of aromatic nitrogens is 4. The van der Waals surface area contributed by atoms with Crippen molar-refractivity contribution in [3.63, 3.8) is 0 Å². The van der Waals surface area contributed by atoms with Gasteiger partial charge in [0.1, 0.15) is 11.4 Å². The smallest absolute Gasteiger partial charge is 0.410 e. The Kier molecular flexibility index (Phi) is 4.86. The molecule has 1 amide bonds. The van der Waals surface area contributed by atoms with Crippen LogP contribution in [0.15, 0.2) is 54.9 Å². The molecule has 0 atom stereocenters. The Balaban J connectivity index is 1.61. The molecule has 0 saturated carbocycles. The van der Waals surface area contributed by atoms with Crippen LogP contribution in [-0.2, 0) is 13.0 Å². The Morgan fingerprint density at radius 2 is 2.03 bits per heavy atom. The van der Waals surface area contributed by atoms with Gasteiger partial charge < -0.3 is 10.1 Å². The van der Waals surface area contributed by atoms with Gasteiger partial charge in [0.25, 0.3) is 0 Å². The van der Waals surface area contributed by atoms with Gasteiger partial charge in [-0.2, -0.15) is 5.10 Å². The Morgan fingerprint density at radius 3 is 2.84 bits per heavy atom. The summed E-state index contributed by atoms with van der Waals surface area (Å²) in [7, 11) is 0. The van der Waals surface area contributed by atoms with Gasteiger partial charge in [0.05, 0.1) is 11.2 Å². The number of ether oxygens (including phenoxy) is 1. The lowest BCUT2D eigenvalue weighted by Crippen LogP contribution is -2.32. The van der Waals surface area contributed by atoms with E-state index in [1.54, 1.807) is 24.5 Å². The lowest BCUT2D eigenvalue weighted by molar-refractivity contribution is 0.198. The summed E-state index contributed by atoms with van der Waals surface area (Å²) in [5.41, 5.74) is 5.90. The number of hydrogen-bond acceptors (Lipinski definition) is 5. The molecule has 0 fully saturated rings. The van der Waals surface area contributed by atoms with E-state index < -0.39 is 6.09 Å². The molecule has 1 N–H and O–H groups in total. The van der Waals surface area contributed by atoms with Crippen molar-refractivity contribution in [2.24, 2.45) is 0 Å². The molecule has 4 heterocycles. The molecule has 7 nitrogen and oxygen atoms in total. The number of benzene rings is 1. The number of rotatable bonds is 4. The van der Waals surface area contributed by atoms with Crippen molar-refractivity contribution < 1.29 is 9.53 Å². The first-order valence-electron chi connectivity index (χ1n) is 10.5. The molecule has 31 heavy (non-hydrogen) atoms. The highest BCUT2D eigenvalue weighted by atomic mass is 16.6. The Morgan fingerprint density at radius 1 is 1.13 bits per heavy atom. The van der Waals surface area contributed by atoms with Gasteiger partial charge in [-0.25, -0.2) is 4.79 Å². The van der Waals surface area contributed by atoms with Crippen LogP contribution in [0.4, 0.5) is 4.79 Å². The summed E-state index contributed by atoms with van der Waals surface area (Å²) in [6, 6.07) is 13.5. The molecule has 156 valence electrons. The number of pyridine rings is 2. The summed E-state index contributed by atoms with van der Waals surface area (Å²) < 4.78 is 7.51. The van der Waals surface area contributed by atoms with Gasteiger partial charge in [-0.05, 0) is 62.6 Å². The van der Waals surface area contributed by atoms with E-state index in [1.165, 1.54) is 5.69 Å². The first kappa shape index (κ1) is 19.2. The van der Waals surface area contributed by atoms with Crippen molar-refractivity contribution in [3.05, 3.63) is 60.6 Å². The molecule has 1 aliphatic heterocycles. The first-order chi connectivity index (χ1) is 15.1. The first-order valence-corrected chi connectivity index (χ1v) is 10.5. The van der Waals surface area contributed by atoms with Crippen LogP contribution in [0.3, 0.4) is 0 Å². The second-order valence-electron chi connectivity index (χ2n) is 7.94. The minimum Gasteiger partial charge on any atom is -0.410 e. The van der Waals surface area contributed by atoms with Crippen LogP contribution in [0.5, 0.6) is 5.75 Å². The summed E-state index contributed by atoms with van der Waals surface area (Å²) in [5.74, 6) is 0.459. The lowest BCUT2D eigenvalue weighted by Gasteiger charge is -2.11. The Labute approximate surface area is 180 Å². The van der Waals surface area contributed by atoms with Crippen molar-refractivity contribution in [2.45, 2.75) is 39.3 Å². The maximum atomic E-state index is 12.0. The molecule has 0 spiro atoms. The number of aryl methyl sites for hydroxylation is 1. The highest BCUT2D eigenvalue weighted by Gasteiger charge is 2.25. The molecule has 0 bridgehead atoms. The number of carbonyl (C=O) groups is 1. The molecule has 4 aromatic rings. The molecular weight excluding hydrogens is 390 g/mol. The lowest BCUT2D eigenvalue weighted by atomic mass is 9.96. The van der Waals surface area contributed by atoms with E-state index in [4.69, 9.17) is 9.84 Å². The van der Waals surface area contributed by atoms with Crippen LogP contribution in [0, 0.1) is 0 Å². The summed E-state index contributed by atoms with van der Waals surface area (Å²) in [6.45, 7) is 4.69. The van der Waals surface area contributed by atoms with E-state index in [9.17, 15) is 4.79 Å². The third kappa shape index (κ3) is 3.63. The number of nitrogens with one attached hydrogen (secondary N) is 1. The second kappa shape index (κ2) is 7.83. The van der Waals surface area contributed by atoms with E-state index in [-0.39, 0.29) is 6.04 Å². The van der Waals surface area contributed by atoms with E-state index in [0.717, 1.165) is 52.8 Å². The van der Waals surface area contributed by atoms with Crippen LogP contribution in [0.2, 0.25) is 0 Å². The average molecular weight is 413 g/mol. The quantitative estimate of drug-likeness (QED) is 0.529. The molecule has 0 unspecified atom stereocenters. The van der Waals surface area contributed by atoms with Crippen LogP contribution >= 0.6 is 0 Å². The fourth-order valence-corrected chi connectivity index (χ4v) is 4.08. The second-order valence-corrected chi connectivity index (χ2v) is 7.94. The van der Waals surface area contributed by atoms with E-state index in [1.807, 2.05) is 44.2 Å². The van der Waals surface area contributed by atoms with E-state index >= 15 is 0 Å². The third-order valence-electron chi connectivity index (χ3n) is 5.35. The number of nitrogens with zero attached hydrogens (tertiary/aromatic N) is 4. The Bertz CT molecular complexity index is 1260. The van der Waals surface area contributed by atoms with Crippen LogP contribution in [-0.4, -0.2) is 31.9 Å². The number of amides is 1. The van der Waals surface area contributed by atoms with E-state index in [0.29, 0.717) is 5.75 Å². The molecule has 3 aromatic heterocycles. The van der Waals surface area contributed by atoms with Crippen LogP contribution < -0.4 is 10.1 Å². The van der Waals surface area contributed by atoms with Crippen molar-refractivity contribution in [1.82, 2.24) is 25.1 Å². The third-order valence-corrected chi connectivity index (χ3v) is 5.35. The zero-order chi connectivity index (χ0) is 21.4. The predicted molar refractivity (Wildman–Crippen MR) is 119 cm³/mol. The molecular formula is C24H23N5O2. The zero-order valence-corrected chi connectivity index (χ0v) is 17.5. The number of carbonyl (C=O) groups excluding carboxylic acids is 1. The fraction of sp³-hybridized carbons (Fsp3) is 0.250. The maximum absolute atomic E-state index is 12.0. The van der Waals surface area contributed by atoms with Crippen molar-refractivity contribution in [2.75, 3.05) is 0 Å². The molecule has 0 radical (unpaired) electrons. The summed E-state index contributed by atoms with van der Waals surface area (Å²) in [5, 5.41) is 8.60. The largest absolute Gasteiger partial charge is 0.412 e.